The smallest absolute Gasteiger partial charge is 0.412 e. The fourth-order valence-electron chi connectivity index (χ4n) is 2.32. The normalized spacial score (nSPS) is 10.5. The van der Waals surface area contributed by atoms with Gasteiger partial charge in [0, 0.05) is 10.9 Å². The molecule has 1 amide bonds. The molecule has 122 valence electrons. The van der Waals surface area contributed by atoms with Crippen LogP contribution >= 0.6 is 0 Å². The van der Waals surface area contributed by atoms with E-state index < -0.39 is 17.9 Å². The van der Waals surface area contributed by atoms with Gasteiger partial charge < -0.3 is 14.8 Å². The average molecular weight is 328 g/mol. The van der Waals surface area contributed by atoms with E-state index in [9.17, 15) is 19.1 Å². The monoisotopic (exact) mass is 328 g/mol. The molecule has 0 spiro atoms. The first-order chi connectivity index (χ1) is 11.5. The number of hydrogen-bond donors (Lipinski definition) is 3. The van der Waals surface area contributed by atoms with Gasteiger partial charge in [0.1, 0.15) is 18.1 Å². The van der Waals surface area contributed by atoms with E-state index >= 15 is 0 Å². The molecule has 0 aliphatic heterocycles. The number of halogens is 1. The van der Waals surface area contributed by atoms with E-state index in [2.05, 4.69) is 10.3 Å². The molecule has 0 aliphatic rings. The second-order valence-electron chi connectivity index (χ2n) is 5.06. The molecule has 2 aromatic carbocycles. The Morgan fingerprint density at radius 1 is 1.17 bits per heavy atom. The lowest BCUT2D eigenvalue weighted by molar-refractivity contribution is 0.0692. The van der Waals surface area contributed by atoms with Gasteiger partial charge in [-0.1, -0.05) is 30.3 Å². The molecule has 0 saturated carbocycles. The predicted octanol–water partition coefficient (Wildman–Crippen LogP) is 3.75. The van der Waals surface area contributed by atoms with Crippen molar-refractivity contribution in [1.82, 2.24) is 4.98 Å². The predicted molar refractivity (Wildman–Crippen MR) is 85.5 cm³/mol. The number of aromatic amines is 1. The highest BCUT2D eigenvalue weighted by molar-refractivity contribution is 6.09. The summed E-state index contributed by atoms with van der Waals surface area (Å²) in [7, 11) is 0. The van der Waals surface area contributed by atoms with Gasteiger partial charge in [0.25, 0.3) is 0 Å². The van der Waals surface area contributed by atoms with Gasteiger partial charge in [-0.2, -0.15) is 0 Å². The average Bonchev–Trinajstić information content (AvgIpc) is 2.92. The van der Waals surface area contributed by atoms with Crippen molar-refractivity contribution in [2.45, 2.75) is 6.61 Å². The molecule has 3 rings (SSSR count). The summed E-state index contributed by atoms with van der Waals surface area (Å²) in [6.45, 7) is 0.0335. The van der Waals surface area contributed by atoms with Gasteiger partial charge >= 0.3 is 12.1 Å². The minimum Gasteiger partial charge on any atom is -0.477 e. The number of fused-ring (bicyclic) bond motifs is 1. The lowest BCUT2D eigenvalue weighted by atomic mass is 10.2. The summed E-state index contributed by atoms with van der Waals surface area (Å²) in [5.41, 5.74) is 0.908. The maximum Gasteiger partial charge on any atom is 0.412 e. The Labute approximate surface area is 135 Å². The van der Waals surface area contributed by atoms with Gasteiger partial charge in [0.15, 0.2) is 0 Å². The maximum atomic E-state index is 13.4. The molecule has 3 aromatic rings. The zero-order chi connectivity index (χ0) is 17.1. The number of nitrogens with one attached hydrogen (secondary N) is 2. The van der Waals surface area contributed by atoms with Crippen molar-refractivity contribution in [3.05, 3.63) is 65.6 Å². The van der Waals surface area contributed by atoms with Gasteiger partial charge in [0.2, 0.25) is 0 Å². The number of hydrogen-bond acceptors (Lipinski definition) is 3. The second kappa shape index (κ2) is 6.41. The summed E-state index contributed by atoms with van der Waals surface area (Å²) in [6.07, 6.45) is -0.827. The summed E-state index contributed by atoms with van der Waals surface area (Å²) in [5, 5.41) is 11.9. The van der Waals surface area contributed by atoms with Crippen LogP contribution in [-0.4, -0.2) is 22.2 Å². The third-order valence-electron chi connectivity index (χ3n) is 3.41. The highest BCUT2D eigenvalue weighted by Gasteiger charge is 2.20. The Kier molecular flexibility index (Phi) is 4.15. The second-order valence-corrected chi connectivity index (χ2v) is 5.06. The molecule has 0 bridgehead atoms. The summed E-state index contributed by atoms with van der Waals surface area (Å²) in [5.74, 6) is -1.82. The van der Waals surface area contributed by atoms with Crippen LogP contribution in [0.5, 0.6) is 0 Å². The molecular weight excluding hydrogens is 315 g/mol. The van der Waals surface area contributed by atoms with Gasteiger partial charge in [-0.05, 0) is 23.8 Å². The number of rotatable bonds is 4. The topological polar surface area (TPSA) is 91.4 Å². The van der Waals surface area contributed by atoms with Crippen LogP contribution < -0.4 is 5.32 Å². The van der Waals surface area contributed by atoms with E-state index in [1.54, 1.807) is 12.1 Å². The van der Waals surface area contributed by atoms with E-state index in [4.69, 9.17) is 4.74 Å². The number of amides is 1. The lowest BCUT2D eigenvalue weighted by Crippen LogP contribution is -2.15. The Hall–Kier alpha value is -3.35. The molecule has 0 radical (unpaired) electrons. The van der Waals surface area contributed by atoms with Crippen molar-refractivity contribution in [3.63, 3.8) is 0 Å². The molecule has 0 atom stereocenters. The molecule has 6 nitrogen and oxygen atoms in total. The van der Waals surface area contributed by atoms with E-state index in [0.717, 1.165) is 11.6 Å². The van der Waals surface area contributed by atoms with Crippen LogP contribution in [0.25, 0.3) is 10.9 Å². The summed E-state index contributed by atoms with van der Waals surface area (Å²) >= 11 is 0. The largest absolute Gasteiger partial charge is 0.477 e. The molecule has 0 fully saturated rings. The number of carboxylic acids is 1. The van der Waals surface area contributed by atoms with E-state index in [-0.39, 0.29) is 23.4 Å². The fourth-order valence-corrected chi connectivity index (χ4v) is 2.32. The number of benzene rings is 2. The van der Waals surface area contributed by atoms with Gasteiger partial charge in [-0.3, -0.25) is 5.32 Å². The first kappa shape index (κ1) is 15.5. The number of carbonyl (C=O) groups is 2. The molecule has 0 saturated heterocycles. The Balaban J connectivity index is 1.83. The number of ether oxygens (including phenoxy) is 1. The van der Waals surface area contributed by atoms with Crippen LogP contribution in [0.3, 0.4) is 0 Å². The number of carbonyl (C=O) groups excluding carboxylic acids is 1. The number of aromatic nitrogens is 1. The van der Waals surface area contributed by atoms with E-state index in [0.29, 0.717) is 5.52 Å². The van der Waals surface area contributed by atoms with Gasteiger partial charge in [0.05, 0.1) is 5.69 Å². The van der Waals surface area contributed by atoms with Crippen molar-refractivity contribution in [2.24, 2.45) is 0 Å². The number of anilines is 1. The minimum atomic E-state index is -1.27. The van der Waals surface area contributed by atoms with Crippen LogP contribution in [-0.2, 0) is 11.3 Å². The van der Waals surface area contributed by atoms with Crippen LogP contribution in [0.4, 0.5) is 14.9 Å². The van der Waals surface area contributed by atoms with E-state index in [1.807, 2.05) is 18.2 Å². The lowest BCUT2D eigenvalue weighted by Gasteiger charge is -2.07. The highest BCUT2D eigenvalue weighted by Crippen LogP contribution is 2.28. The van der Waals surface area contributed by atoms with Crippen LogP contribution in [0, 0.1) is 5.82 Å². The standard InChI is InChI=1S/C17H13FN2O4/c18-11-6-7-13-12(8-11)14(15(19-13)16(21)22)20-17(23)24-9-10-4-2-1-3-5-10/h1-8,19H,9H2,(H,20,23)(H,21,22). The summed E-state index contributed by atoms with van der Waals surface area (Å²) in [4.78, 5) is 25.9. The van der Waals surface area contributed by atoms with Gasteiger partial charge in [-0.25, -0.2) is 14.0 Å². The molecule has 1 heterocycles. The third-order valence-corrected chi connectivity index (χ3v) is 3.41. The minimum absolute atomic E-state index is 0.0324. The molecule has 0 aliphatic carbocycles. The van der Waals surface area contributed by atoms with Crippen molar-refractivity contribution in [3.8, 4) is 0 Å². The first-order valence-corrected chi connectivity index (χ1v) is 7.07. The summed E-state index contributed by atoms with van der Waals surface area (Å²) in [6, 6.07) is 12.8. The SMILES string of the molecule is O=C(Nc1c(C(=O)O)[nH]c2ccc(F)cc12)OCc1ccccc1. The molecular formula is C17H13FN2O4. The maximum absolute atomic E-state index is 13.4. The zero-order valence-electron chi connectivity index (χ0n) is 12.4. The van der Waals surface area contributed by atoms with Crippen molar-refractivity contribution < 1.29 is 23.8 Å². The third kappa shape index (κ3) is 3.19. The molecule has 7 heteroatoms. The number of H-pyrrole nitrogens is 1. The van der Waals surface area contributed by atoms with E-state index in [1.165, 1.54) is 12.1 Å². The highest BCUT2D eigenvalue weighted by atomic mass is 19.1. The fraction of sp³-hybridized carbons (Fsp3) is 0.0588. The van der Waals surface area contributed by atoms with Crippen LogP contribution in [0.15, 0.2) is 48.5 Å². The Bertz CT molecular complexity index is 906. The molecule has 0 unspecified atom stereocenters. The van der Waals surface area contributed by atoms with Crippen molar-refractivity contribution in [2.75, 3.05) is 5.32 Å². The molecule has 1 aromatic heterocycles. The Morgan fingerprint density at radius 2 is 1.92 bits per heavy atom. The van der Waals surface area contributed by atoms with Crippen LogP contribution in [0.2, 0.25) is 0 Å². The zero-order valence-corrected chi connectivity index (χ0v) is 12.4. The number of aromatic carboxylic acids is 1. The Morgan fingerprint density at radius 3 is 2.62 bits per heavy atom. The van der Waals surface area contributed by atoms with Crippen molar-refractivity contribution >= 4 is 28.7 Å². The van der Waals surface area contributed by atoms with Crippen molar-refractivity contribution in [1.29, 1.82) is 0 Å². The van der Waals surface area contributed by atoms with Crippen LogP contribution in [0.1, 0.15) is 16.1 Å². The molecule has 24 heavy (non-hydrogen) atoms. The quantitative estimate of drug-likeness (QED) is 0.680. The summed E-state index contributed by atoms with van der Waals surface area (Å²) < 4.78 is 18.5. The molecule has 3 N–H and O–H groups in total. The number of carboxylic acid groups (broad SMARTS) is 1. The van der Waals surface area contributed by atoms with Gasteiger partial charge in [-0.15, -0.1) is 0 Å². The first-order valence-electron chi connectivity index (χ1n) is 7.07.